The summed E-state index contributed by atoms with van der Waals surface area (Å²) in [4.78, 5) is 42.9. The Balaban J connectivity index is 1.56. The number of benzene rings is 1. The number of carbonyl (C=O) groups excluding carboxylic acids is 2. The van der Waals surface area contributed by atoms with Crippen molar-refractivity contribution in [2.45, 2.75) is 56.7 Å². The van der Waals surface area contributed by atoms with E-state index in [0.717, 1.165) is 5.56 Å². The predicted molar refractivity (Wildman–Crippen MR) is 159 cm³/mol. The van der Waals surface area contributed by atoms with Crippen molar-refractivity contribution in [3.05, 3.63) is 65.9 Å². The van der Waals surface area contributed by atoms with E-state index in [1.54, 1.807) is 50.4 Å². The van der Waals surface area contributed by atoms with Crippen LogP contribution in [0.3, 0.4) is 0 Å². The lowest BCUT2D eigenvalue weighted by Crippen LogP contribution is -2.49. The second kappa shape index (κ2) is 15.5. The summed E-state index contributed by atoms with van der Waals surface area (Å²) < 4.78 is 39.3. The first-order chi connectivity index (χ1) is 20.4. The molecule has 1 aliphatic rings. The Labute approximate surface area is 251 Å². The monoisotopic (exact) mass is 617 g/mol. The van der Waals surface area contributed by atoms with E-state index < -0.39 is 53.3 Å². The molecule has 1 aliphatic heterocycles. The molecular weight excluding hydrogens is 578 g/mol. The first kappa shape index (κ1) is 33.5. The van der Waals surface area contributed by atoms with Gasteiger partial charge < -0.3 is 30.1 Å². The van der Waals surface area contributed by atoms with Gasteiger partial charge >= 0.3 is 12.1 Å². The lowest BCUT2D eigenvalue weighted by Gasteiger charge is -2.24. The van der Waals surface area contributed by atoms with Crippen LogP contribution in [0, 0.1) is 20.8 Å². The molecule has 0 aliphatic carbocycles. The van der Waals surface area contributed by atoms with Crippen molar-refractivity contribution in [2.75, 3.05) is 38.2 Å². The molecule has 0 radical (unpaired) electrons. The predicted octanol–water partition coefficient (Wildman–Crippen LogP) is 2.14. The van der Waals surface area contributed by atoms with Gasteiger partial charge in [-0.25, -0.2) is 18.2 Å². The van der Waals surface area contributed by atoms with Crippen molar-refractivity contribution in [1.29, 1.82) is 0 Å². The third-order valence-electron chi connectivity index (χ3n) is 6.76. The van der Waals surface area contributed by atoms with Crippen LogP contribution in [0.25, 0.3) is 0 Å². The van der Waals surface area contributed by atoms with Crippen molar-refractivity contribution in [2.24, 2.45) is 0 Å². The molecule has 0 spiro atoms. The van der Waals surface area contributed by atoms with Gasteiger partial charge in [-0.2, -0.15) is 4.72 Å². The molecule has 0 bridgehead atoms. The molecule has 234 valence electrons. The smallest absolute Gasteiger partial charge is 0.410 e. The summed E-state index contributed by atoms with van der Waals surface area (Å²) in [5.41, 5.74) is 1.84. The van der Waals surface area contributed by atoms with Gasteiger partial charge in [-0.1, -0.05) is 29.8 Å². The first-order valence-corrected chi connectivity index (χ1v) is 15.3. The molecule has 2 amide bonds. The number of pyridine rings is 1. The standard InChI is InChI=1S/C29H39N5O8S/c1-5-6-11-41-29(38)34-17-23(14-22(34)15-31-25-9-7-8-10-30-25)42-18-26(35)32-16-24(28(36)37)33-43(39,40)27-20(3)12-19(2)13-21(27)4/h5,7-10,12-13,22-24,33H,1,6,11,14-18H2,2-4H3,(H,30,31)(H,32,35)(H,36,37)/t22-,23+,24-/m0/s1. The lowest BCUT2D eigenvalue weighted by atomic mass is 10.1. The normalized spacial score (nSPS) is 17.2. The van der Waals surface area contributed by atoms with Gasteiger partial charge in [0.25, 0.3) is 0 Å². The van der Waals surface area contributed by atoms with Crippen molar-refractivity contribution >= 4 is 33.8 Å². The van der Waals surface area contributed by atoms with Gasteiger partial charge in [0.2, 0.25) is 15.9 Å². The van der Waals surface area contributed by atoms with E-state index in [1.807, 2.05) is 13.0 Å². The Morgan fingerprint density at radius 2 is 1.93 bits per heavy atom. The average Bonchev–Trinajstić information content (AvgIpc) is 3.36. The summed E-state index contributed by atoms with van der Waals surface area (Å²) in [7, 11) is -4.19. The molecule has 1 fully saturated rings. The highest BCUT2D eigenvalue weighted by molar-refractivity contribution is 7.89. The SMILES string of the molecule is C=CCCOC(=O)N1C[C@H](OCC(=O)NC[C@H](NS(=O)(=O)c2c(C)cc(C)cc2C)C(=O)O)C[C@H]1CNc1ccccn1. The topological polar surface area (TPSA) is 176 Å². The zero-order valence-corrected chi connectivity index (χ0v) is 25.4. The summed E-state index contributed by atoms with van der Waals surface area (Å²) >= 11 is 0. The highest BCUT2D eigenvalue weighted by Gasteiger charge is 2.37. The van der Waals surface area contributed by atoms with E-state index in [4.69, 9.17) is 9.47 Å². The van der Waals surface area contributed by atoms with E-state index in [2.05, 4.69) is 26.9 Å². The Morgan fingerprint density at radius 1 is 1.21 bits per heavy atom. The number of amides is 2. The lowest BCUT2D eigenvalue weighted by molar-refractivity contribution is -0.139. The van der Waals surface area contributed by atoms with E-state index in [0.29, 0.717) is 36.3 Å². The number of likely N-dealkylation sites (tertiary alicyclic amines) is 1. The molecule has 1 saturated heterocycles. The molecule has 43 heavy (non-hydrogen) atoms. The summed E-state index contributed by atoms with van der Waals surface area (Å²) in [5, 5.41) is 15.2. The Kier molecular flexibility index (Phi) is 12.0. The number of carbonyl (C=O) groups is 3. The number of sulfonamides is 1. The van der Waals surface area contributed by atoms with Gasteiger partial charge in [0.15, 0.2) is 0 Å². The molecule has 14 heteroatoms. The fourth-order valence-electron chi connectivity index (χ4n) is 4.89. The quantitative estimate of drug-likeness (QED) is 0.171. The maximum Gasteiger partial charge on any atom is 0.410 e. The molecule has 1 aromatic carbocycles. The second-order valence-electron chi connectivity index (χ2n) is 10.3. The van der Waals surface area contributed by atoms with Gasteiger partial charge in [-0.3, -0.25) is 9.59 Å². The minimum atomic E-state index is -4.19. The molecule has 0 saturated carbocycles. The second-order valence-corrected chi connectivity index (χ2v) is 12.0. The number of aliphatic carboxylic acids is 1. The van der Waals surface area contributed by atoms with Crippen LogP contribution in [0.2, 0.25) is 0 Å². The van der Waals surface area contributed by atoms with Gasteiger partial charge in [0, 0.05) is 19.3 Å². The number of hydrogen-bond acceptors (Lipinski definition) is 9. The average molecular weight is 618 g/mol. The third-order valence-corrected chi connectivity index (χ3v) is 8.54. The number of aromatic nitrogens is 1. The van der Waals surface area contributed by atoms with Crippen LogP contribution in [-0.2, 0) is 29.1 Å². The number of hydrogen-bond donors (Lipinski definition) is 4. The summed E-state index contributed by atoms with van der Waals surface area (Å²) in [5.74, 6) is -1.44. The van der Waals surface area contributed by atoms with Gasteiger partial charge in [0.05, 0.1) is 30.2 Å². The van der Waals surface area contributed by atoms with Gasteiger partial charge in [-0.15, -0.1) is 6.58 Å². The molecule has 2 aromatic rings. The number of nitrogens with zero attached hydrogens (tertiary/aromatic N) is 2. The minimum Gasteiger partial charge on any atom is -0.480 e. The van der Waals surface area contributed by atoms with Crippen LogP contribution in [0.15, 0.2) is 54.1 Å². The largest absolute Gasteiger partial charge is 0.480 e. The molecular formula is C29H39N5O8S. The van der Waals surface area contributed by atoms with Crippen LogP contribution in [0.5, 0.6) is 0 Å². The number of rotatable bonds is 15. The van der Waals surface area contributed by atoms with Crippen molar-refractivity contribution in [1.82, 2.24) is 19.9 Å². The zero-order chi connectivity index (χ0) is 31.6. The van der Waals surface area contributed by atoms with Crippen LogP contribution in [0.1, 0.15) is 29.5 Å². The minimum absolute atomic E-state index is 0.0000870. The van der Waals surface area contributed by atoms with Crippen LogP contribution < -0.4 is 15.4 Å². The van der Waals surface area contributed by atoms with Gasteiger partial charge in [-0.05, 0) is 56.9 Å². The highest BCUT2D eigenvalue weighted by Crippen LogP contribution is 2.23. The molecule has 1 aromatic heterocycles. The Morgan fingerprint density at radius 3 is 2.56 bits per heavy atom. The summed E-state index contributed by atoms with van der Waals surface area (Å²) in [6, 6.07) is 6.91. The van der Waals surface area contributed by atoms with Crippen LogP contribution >= 0.6 is 0 Å². The zero-order valence-electron chi connectivity index (χ0n) is 24.5. The van der Waals surface area contributed by atoms with Crippen molar-refractivity contribution < 1.29 is 37.4 Å². The van der Waals surface area contributed by atoms with E-state index >= 15 is 0 Å². The van der Waals surface area contributed by atoms with Gasteiger partial charge in [0.1, 0.15) is 18.5 Å². The molecule has 13 nitrogen and oxygen atoms in total. The fraction of sp³-hybridized carbons (Fsp3) is 0.448. The first-order valence-electron chi connectivity index (χ1n) is 13.8. The van der Waals surface area contributed by atoms with Crippen LogP contribution in [0.4, 0.5) is 10.6 Å². The van der Waals surface area contributed by atoms with Crippen LogP contribution in [-0.4, -0.2) is 92.4 Å². The molecule has 4 N–H and O–H groups in total. The number of ether oxygens (including phenoxy) is 2. The summed E-state index contributed by atoms with van der Waals surface area (Å²) in [6.45, 7) is 8.54. The molecule has 0 unspecified atom stereocenters. The fourth-order valence-corrected chi connectivity index (χ4v) is 6.53. The number of nitrogens with one attached hydrogen (secondary N) is 3. The molecule has 2 heterocycles. The number of aryl methyl sites for hydroxylation is 3. The van der Waals surface area contributed by atoms with E-state index in [9.17, 15) is 27.9 Å². The Bertz CT molecular complexity index is 1380. The van der Waals surface area contributed by atoms with E-state index in [1.165, 1.54) is 4.90 Å². The van der Waals surface area contributed by atoms with E-state index in [-0.39, 0.29) is 24.1 Å². The number of anilines is 1. The maximum atomic E-state index is 13.0. The number of carboxylic acid groups (broad SMARTS) is 1. The number of carboxylic acids is 1. The maximum absolute atomic E-state index is 13.0. The third kappa shape index (κ3) is 9.76. The summed E-state index contributed by atoms with van der Waals surface area (Å²) in [6.07, 6.45) is 3.21. The van der Waals surface area contributed by atoms with Crippen molar-refractivity contribution in [3.63, 3.8) is 0 Å². The highest BCUT2D eigenvalue weighted by atomic mass is 32.2. The Hall–Kier alpha value is -4.01. The molecule has 3 rings (SSSR count). The molecule has 3 atom stereocenters. The van der Waals surface area contributed by atoms with Crippen molar-refractivity contribution in [3.8, 4) is 0 Å².